The number of rotatable bonds is 5. The van der Waals surface area contributed by atoms with Gasteiger partial charge in [-0.15, -0.1) is 12.6 Å². The highest BCUT2D eigenvalue weighted by Crippen LogP contribution is 1.93. The Bertz CT molecular complexity index is 145. The molecule has 0 aliphatic heterocycles. The third kappa shape index (κ3) is 4.29. The van der Waals surface area contributed by atoms with Gasteiger partial charge in [0.05, 0.1) is 12.2 Å². The van der Waals surface area contributed by atoms with Crippen LogP contribution in [0.5, 0.6) is 0 Å². The zero-order valence-corrected chi connectivity index (χ0v) is 6.47. The van der Waals surface area contributed by atoms with Crippen molar-refractivity contribution < 1.29 is 4.79 Å². The molecule has 0 atom stereocenters. The second-order valence-electron chi connectivity index (χ2n) is 1.58. The van der Waals surface area contributed by atoms with E-state index in [1.165, 1.54) is 0 Å². The van der Waals surface area contributed by atoms with Crippen molar-refractivity contribution in [2.75, 3.05) is 13.1 Å². The van der Waals surface area contributed by atoms with E-state index in [4.69, 9.17) is 0 Å². The number of hydrogen-bond donors (Lipinski definition) is 2. The fourth-order valence-corrected chi connectivity index (χ4v) is 0.574. The van der Waals surface area contributed by atoms with Gasteiger partial charge in [-0.25, -0.2) is 0 Å². The summed E-state index contributed by atoms with van der Waals surface area (Å²) < 4.78 is 0. The largest absolute Gasteiger partial charge is 0.305 e. The van der Waals surface area contributed by atoms with Gasteiger partial charge in [-0.05, 0) is 12.1 Å². The molecular weight excluding hydrogens is 148 g/mol. The van der Waals surface area contributed by atoms with Crippen molar-refractivity contribution in [3.05, 3.63) is 11.1 Å². The van der Waals surface area contributed by atoms with Gasteiger partial charge in [-0.3, -0.25) is 4.99 Å². The first-order chi connectivity index (χ1) is 4.85. The molecule has 0 amide bonds. The molecule has 0 aromatic rings. The van der Waals surface area contributed by atoms with E-state index in [-0.39, 0.29) is 0 Å². The maximum atomic E-state index is 9.82. The summed E-state index contributed by atoms with van der Waals surface area (Å²) in [4.78, 5) is 13.5. The van der Waals surface area contributed by atoms with Crippen LogP contribution in [0.1, 0.15) is 0 Å². The number of aliphatic imine (C=N–C) groups is 1. The number of hydrogen-bond acceptors (Lipinski definition) is 4. The molecule has 0 bridgehead atoms. The summed E-state index contributed by atoms with van der Waals surface area (Å²) in [6.45, 7) is 4.18. The van der Waals surface area contributed by atoms with Crippen LogP contribution in [0.25, 0.3) is 0 Å². The zero-order chi connectivity index (χ0) is 7.82. The molecule has 0 fully saturated rings. The van der Waals surface area contributed by atoms with E-state index in [2.05, 4.69) is 29.7 Å². The summed E-state index contributed by atoms with van der Waals surface area (Å²) >= 11 is 3.87. The Balaban J connectivity index is 3.45. The minimum Gasteiger partial charge on any atom is -0.305 e. The average Bonchev–Trinajstić information content (AvgIpc) is 1.99. The lowest BCUT2D eigenvalue weighted by Crippen LogP contribution is -2.18. The van der Waals surface area contributed by atoms with Crippen LogP contribution in [0.4, 0.5) is 0 Å². The molecular formula is C6H10N2OS. The van der Waals surface area contributed by atoms with Crippen molar-refractivity contribution in [1.29, 1.82) is 0 Å². The normalized spacial score (nSPS) is 11.1. The lowest BCUT2D eigenvalue weighted by Gasteiger charge is -1.97. The third-order valence-electron chi connectivity index (χ3n) is 0.886. The van der Waals surface area contributed by atoms with E-state index in [1.54, 1.807) is 5.41 Å². The van der Waals surface area contributed by atoms with Gasteiger partial charge in [0.25, 0.3) is 0 Å². The molecule has 0 aliphatic carbocycles. The summed E-state index contributed by atoms with van der Waals surface area (Å²) in [5.74, 6) is 0. The molecule has 0 rings (SSSR count). The molecule has 0 aromatic carbocycles. The molecule has 0 aliphatic rings. The van der Waals surface area contributed by atoms with Crippen molar-refractivity contribution in [1.82, 2.24) is 5.32 Å². The second-order valence-corrected chi connectivity index (χ2v) is 1.83. The minimum atomic E-state index is 0.334. The Morgan fingerprint density at radius 3 is 2.90 bits per heavy atom. The fraction of sp³-hybridized carbons (Fsp3) is 0.333. The molecule has 0 unspecified atom stereocenters. The van der Waals surface area contributed by atoms with Crippen molar-refractivity contribution >= 4 is 25.6 Å². The summed E-state index contributed by atoms with van der Waals surface area (Å²) in [5.41, 5.74) is 0.727. The van der Waals surface area contributed by atoms with E-state index in [0.717, 1.165) is 12.0 Å². The van der Waals surface area contributed by atoms with Crippen LogP contribution in [0.2, 0.25) is 0 Å². The molecule has 0 aromatic heterocycles. The predicted molar refractivity (Wildman–Crippen MR) is 45.6 cm³/mol. The fourth-order valence-electron chi connectivity index (χ4n) is 0.402. The Morgan fingerprint density at radius 2 is 2.50 bits per heavy atom. The molecule has 4 heteroatoms. The van der Waals surface area contributed by atoms with Crippen LogP contribution >= 0.6 is 12.6 Å². The van der Waals surface area contributed by atoms with Crippen LogP contribution in [0.15, 0.2) is 16.1 Å². The van der Waals surface area contributed by atoms with Crippen LogP contribution in [0, 0.1) is 0 Å². The maximum absolute atomic E-state index is 9.82. The molecule has 1 N–H and O–H groups in total. The van der Waals surface area contributed by atoms with Gasteiger partial charge in [0, 0.05) is 6.54 Å². The van der Waals surface area contributed by atoms with Crippen molar-refractivity contribution in [3.8, 4) is 0 Å². The monoisotopic (exact) mass is 158 g/mol. The first-order valence-corrected chi connectivity index (χ1v) is 3.31. The van der Waals surface area contributed by atoms with Gasteiger partial charge in [0.15, 0.2) is 0 Å². The molecule has 10 heavy (non-hydrogen) atoms. The SMILES string of the molecule is C=N/C(=C\S)CNCC=O. The number of nitrogens with one attached hydrogen (secondary N) is 1. The Hall–Kier alpha value is -0.610. The third-order valence-corrected chi connectivity index (χ3v) is 1.18. The lowest BCUT2D eigenvalue weighted by atomic mass is 10.5. The van der Waals surface area contributed by atoms with Gasteiger partial charge >= 0.3 is 0 Å². The lowest BCUT2D eigenvalue weighted by molar-refractivity contribution is -0.107. The first kappa shape index (κ1) is 9.39. The van der Waals surface area contributed by atoms with Crippen LogP contribution in [-0.4, -0.2) is 26.1 Å². The molecule has 0 saturated heterocycles. The maximum Gasteiger partial charge on any atom is 0.133 e. The van der Waals surface area contributed by atoms with E-state index >= 15 is 0 Å². The van der Waals surface area contributed by atoms with Crippen molar-refractivity contribution in [2.45, 2.75) is 0 Å². The quantitative estimate of drug-likeness (QED) is 0.260. The Morgan fingerprint density at radius 1 is 1.80 bits per heavy atom. The second kappa shape index (κ2) is 6.51. The molecule has 0 heterocycles. The highest BCUT2D eigenvalue weighted by atomic mass is 32.1. The average molecular weight is 158 g/mol. The number of nitrogens with zero attached hydrogens (tertiary/aromatic N) is 1. The Labute approximate surface area is 65.6 Å². The summed E-state index contributed by atoms with van der Waals surface area (Å²) in [5, 5.41) is 4.36. The van der Waals surface area contributed by atoms with E-state index in [9.17, 15) is 4.79 Å². The first-order valence-electron chi connectivity index (χ1n) is 2.79. The smallest absolute Gasteiger partial charge is 0.133 e. The van der Waals surface area contributed by atoms with Gasteiger partial charge in [-0.1, -0.05) is 0 Å². The van der Waals surface area contributed by atoms with Crippen molar-refractivity contribution in [3.63, 3.8) is 0 Å². The summed E-state index contributed by atoms with van der Waals surface area (Å²) in [6, 6.07) is 0. The number of aldehydes is 1. The molecule has 3 nitrogen and oxygen atoms in total. The topological polar surface area (TPSA) is 41.5 Å². The van der Waals surface area contributed by atoms with Crippen LogP contribution in [-0.2, 0) is 4.79 Å². The standard InChI is InChI=1S/C6H10N2OS/c1-7-6(5-10)4-8-2-3-9/h3,5,8,10H,1-2,4H2/b6-5-. The number of thiol groups is 1. The summed E-state index contributed by atoms with van der Waals surface area (Å²) in [6.07, 6.45) is 0.791. The highest BCUT2D eigenvalue weighted by Gasteiger charge is 1.88. The predicted octanol–water partition coefficient (Wildman–Crippen LogP) is 0.247. The van der Waals surface area contributed by atoms with E-state index in [0.29, 0.717) is 13.1 Å². The summed E-state index contributed by atoms with van der Waals surface area (Å²) in [7, 11) is 0. The minimum absolute atomic E-state index is 0.334. The molecule has 0 radical (unpaired) electrons. The van der Waals surface area contributed by atoms with Gasteiger partial charge in [0.1, 0.15) is 6.29 Å². The van der Waals surface area contributed by atoms with Crippen LogP contribution < -0.4 is 5.32 Å². The van der Waals surface area contributed by atoms with Gasteiger partial charge in [0.2, 0.25) is 0 Å². The van der Waals surface area contributed by atoms with Gasteiger partial charge in [-0.2, -0.15) is 0 Å². The van der Waals surface area contributed by atoms with Crippen LogP contribution in [0.3, 0.4) is 0 Å². The Kier molecular flexibility index (Phi) is 6.11. The molecule has 56 valence electrons. The molecule has 0 saturated carbocycles. The highest BCUT2D eigenvalue weighted by molar-refractivity contribution is 7.83. The number of carbonyl (C=O) groups is 1. The van der Waals surface area contributed by atoms with E-state index in [1.807, 2.05) is 0 Å². The van der Waals surface area contributed by atoms with E-state index < -0.39 is 0 Å². The molecule has 0 spiro atoms. The van der Waals surface area contributed by atoms with Crippen molar-refractivity contribution in [2.24, 2.45) is 4.99 Å². The zero-order valence-electron chi connectivity index (χ0n) is 5.58. The number of carbonyl (C=O) groups excluding carboxylic acids is 1. The van der Waals surface area contributed by atoms with Gasteiger partial charge < -0.3 is 10.1 Å².